The molecule has 3 unspecified atom stereocenters. The van der Waals surface area contributed by atoms with Crippen LogP contribution in [0.3, 0.4) is 0 Å². The number of nitrogens with two attached hydrogens (primary N) is 1. The summed E-state index contributed by atoms with van der Waals surface area (Å²) < 4.78 is 5.52. The van der Waals surface area contributed by atoms with Crippen LogP contribution in [0.5, 0.6) is 11.6 Å². The lowest BCUT2D eigenvalue weighted by Gasteiger charge is -2.23. The van der Waals surface area contributed by atoms with Crippen molar-refractivity contribution < 1.29 is 19.1 Å². The van der Waals surface area contributed by atoms with Crippen LogP contribution >= 0.6 is 11.3 Å². The van der Waals surface area contributed by atoms with Crippen molar-refractivity contribution in [2.45, 2.75) is 45.8 Å². The molecule has 1 aromatic carbocycles. The summed E-state index contributed by atoms with van der Waals surface area (Å²) in [5, 5.41) is 14.4. The molecule has 41 heavy (non-hydrogen) atoms. The lowest BCUT2D eigenvalue weighted by atomic mass is 9.98. The molecule has 1 saturated carbocycles. The first-order chi connectivity index (χ1) is 19.6. The van der Waals surface area contributed by atoms with Crippen LogP contribution in [0.1, 0.15) is 36.3 Å². The smallest absolute Gasteiger partial charge is 0.237 e. The summed E-state index contributed by atoms with van der Waals surface area (Å²) in [6, 6.07) is 15.9. The van der Waals surface area contributed by atoms with Crippen molar-refractivity contribution in [1.82, 2.24) is 20.5 Å². The van der Waals surface area contributed by atoms with E-state index in [4.69, 9.17) is 15.9 Å². The first-order valence-corrected chi connectivity index (χ1v) is 14.2. The number of aldehydes is 1. The van der Waals surface area contributed by atoms with E-state index in [-0.39, 0.29) is 24.3 Å². The highest BCUT2D eigenvalue weighted by Crippen LogP contribution is 2.63. The number of carbonyl (C=O) groups excluding carboxylic acids is 3. The van der Waals surface area contributed by atoms with E-state index in [1.54, 1.807) is 6.20 Å². The Kier molecular flexibility index (Phi) is 11.1. The number of nitrogens with zero attached hydrogens (tertiary/aromatic N) is 2. The molecule has 5 N–H and O–H groups in total. The van der Waals surface area contributed by atoms with Crippen molar-refractivity contribution in [2.75, 3.05) is 13.6 Å². The molecular weight excluding hydrogens is 540 g/mol. The average Bonchev–Trinajstić information content (AvgIpc) is 3.27. The molecular formula is C30H38N6O4S. The van der Waals surface area contributed by atoms with Crippen LogP contribution in [-0.2, 0) is 20.9 Å². The molecule has 3 aromatic rings. The number of likely N-dealkylation sites (tertiary alicyclic amines) is 1. The number of piperidine rings is 1. The molecule has 2 amide bonds. The number of aryl methyl sites for hydroxylation is 1. The molecule has 0 radical (unpaired) electrons. The molecule has 5 rings (SSSR count). The highest BCUT2D eigenvalue weighted by atomic mass is 32.1. The number of likely N-dealkylation sites (N-methyl/N-ethyl adjacent to an activating group) is 1. The lowest BCUT2D eigenvalue weighted by Crippen LogP contribution is -2.43. The zero-order chi connectivity index (χ0) is 30.0. The van der Waals surface area contributed by atoms with Gasteiger partial charge in [-0.25, -0.2) is 4.98 Å². The molecule has 0 bridgehead atoms. The number of hydrogen-bond donors (Lipinski definition) is 4. The van der Waals surface area contributed by atoms with Gasteiger partial charge in [0.15, 0.2) is 0 Å². The van der Waals surface area contributed by atoms with Crippen LogP contribution in [-0.4, -0.2) is 60.0 Å². The lowest BCUT2D eigenvalue weighted by molar-refractivity contribution is -0.126. The van der Waals surface area contributed by atoms with Gasteiger partial charge in [-0.05, 0) is 56.0 Å². The number of benzene rings is 1. The van der Waals surface area contributed by atoms with Gasteiger partial charge in [0, 0.05) is 34.1 Å². The number of hydrogen-bond acceptors (Lipinski definition) is 8. The van der Waals surface area contributed by atoms with Crippen molar-refractivity contribution in [3.05, 3.63) is 76.1 Å². The quantitative estimate of drug-likeness (QED) is 0.131. The summed E-state index contributed by atoms with van der Waals surface area (Å²) >= 11 is 1.52. The maximum absolute atomic E-state index is 12.4. The number of ether oxygens (including phenoxy) is 1. The van der Waals surface area contributed by atoms with Gasteiger partial charge in [0.1, 0.15) is 17.9 Å². The zero-order valence-corrected chi connectivity index (χ0v) is 24.6. The number of fused-ring (bicyclic) bond motifs is 1. The number of carbonyl (C=O) groups is 3. The van der Waals surface area contributed by atoms with Crippen molar-refractivity contribution in [3.63, 3.8) is 0 Å². The Labute approximate surface area is 244 Å². The van der Waals surface area contributed by atoms with Gasteiger partial charge in [0.2, 0.25) is 18.2 Å². The van der Waals surface area contributed by atoms with E-state index in [0.29, 0.717) is 42.5 Å². The second-order valence-electron chi connectivity index (χ2n) is 10.3. The van der Waals surface area contributed by atoms with Gasteiger partial charge >= 0.3 is 0 Å². The number of nitrogens with one attached hydrogen (secondary N) is 3. The van der Waals surface area contributed by atoms with Crippen molar-refractivity contribution >= 4 is 35.8 Å². The molecule has 2 aromatic heterocycles. The van der Waals surface area contributed by atoms with E-state index in [2.05, 4.69) is 41.4 Å². The maximum atomic E-state index is 12.4. The first-order valence-electron chi connectivity index (χ1n) is 13.3. The average molecular weight is 579 g/mol. The minimum Gasteiger partial charge on any atom is -0.439 e. The summed E-state index contributed by atoms with van der Waals surface area (Å²) in [4.78, 5) is 38.3. The van der Waals surface area contributed by atoms with E-state index in [0.717, 1.165) is 22.6 Å². The second-order valence-corrected chi connectivity index (χ2v) is 11.3. The third kappa shape index (κ3) is 8.45. The summed E-state index contributed by atoms with van der Waals surface area (Å²) in [5.74, 6) is 2.31. The number of aromatic nitrogens is 1. The Hall–Kier alpha value is -4.09. The number of amides is 2. The summed E-state index contributed by atoms with van der Waals surface area (Å²) in [6.07, 6.45) is 3.76. The van der Waals surface area contributed by atoms with Crippen LogP contribution in [0.4, 0.5) is 0 Å². The highest BCUT2D eigenvalue weighted by Gasteiger charge is 2.67. The Bertz CT molecular complexity index is 1310. The first kappa shape index (κ1) is 31.4. The van der Waals surface area contributed by atoms with Crippen LogP contribution < -0.4 is 21.1 Å². The summed E-state index contributed by atoms with van der Waals surface area (Å²) in [6.45, 7) is 7.22. The fraction of sp³-hybridized carbons (Fsp3) is 0.367. The van der Waals surface area contributed by atoms with Gasteiger partial charge in [-0.2, -0.15) is 0 Å². The number of nitrogen functional groups attached to an aromatic ring is 1. The second kappa shape index (κ2) is 14.5. The van der Waals surface area contributed by atoms with E-state index >= 15 is 0 Å². The van der Waals surface area contributed by atoms with Gasteiger partial charge in [0.05, 0.1) is 19.1 Å². The van der Waals surface area contributed by atoms with Gasteiger partial charge in [-0.3, -0.25) is 19.9 Å². The zero-order valence-electron chi connectivity index (χ0n) is 23.8. The van der Waals surface area contributed by atoms with Crippen molar-refractivity contribution in [3.8, 4) is 11.6 Å². The van der Waals surface area contributed by atoms with Gasteiger partial charge < -0.3 is 25.9 Å². The Morgan fingerprint density at radius 3 is 2.51 bits per heavy atom. The minimum atomic E-state index is -0.0107. The van der Waals surface area contributed by atoms with Crippen molar-refractivity contribution in [2.24, 2.45) is 17.1 Å². The molecule has 10 nitrogen and oxygen atoms in total. The monoisotopic (exact) mass is 578 g/mol. The molecule has 1 aliphatic carbocycles. The highest BCUT2D eigenvalue weighted by molar-refractivity contribution is 7.10. The summed E-state index contributed by atoms with van der Waals surface area (Å²) in [5.41, 5.74) is 7.71. The Balaban J connectivity index is 0.000000199. The fourth-order valence-electron chi connectivity index (χ4n) is 5.06. The normalized spacial score (nSPS) is 22.0. The number of amidine groups is 1. The molecule has 3 heterocycles. The predicted octanol–water partition coefficient (Wildman–Crippen LogP) is 3.49. The molecule has 218 valence electrons. The number of rotatable bonds is 9. The minimum absolute atomic E-state index is 0.0107. The molecule has 1 saturated heterocycles. The van der Waals surface area contributed by atoms with Crippen LogP contribution in [0.2, 0.25) is 0 Å². The molecule has 2 fully saturated rings. The van der Waals surface area contributed by atoms with Crippen LogP contribution in [0.15, 0.2) is 60.1 Å². The van der Waals surface area contributed by atoms with Crippen LogP contribution in [0, 0.1) is 23.7 Å². The van der Waals surface area contributed by atoms with Gasteiger partial charge in [-0.1, -0.05) is 37.6 Å². The Morgan fingerprint density at radius 1 is 1.27 bits per heavy atom. The van der Waals surface area contributed by atoms with Gasteiger partial charge in [0.25, 0.3) is 0 Å². The molecule has 1 aliphatic heterocycles. The predicted molar refractivity (Wildman–Crippen MR) is 160 cm³/mol. The molecule has 0 spiro atoms. The fourth-order valence-corrected chi connectivity index (χ4v) is 5.89. The molecule has 2 aliphatic rings. The van der Waals surface area contributed by atoms with Crippen LogP contribution in [0.25, 0.3) is 0 Å². The largest absolute Gasteiger partial charge is 0.439 e. The van der Waals surface area contributed by atoms with E-state index in [9.17, 15) is 14.4 Å². The van der Waals surface area contributed by atoms with E-state index in [1.165, 1.54) is 16.9 Å². The van der Waals surface area contributed by atoms with Crippen molar-refractivity contribution in [1.29, 1.82) is 5.41 Å². The van der Waals surface area contributed by atoms with Gasteiger partial charge in [-0.15, -0.1) is 11.3 Å². The van der Waals surface area contributed by atoms with E-state index < -0.39 is 0 Å². The number of thiophene rings is 1. The topological polar surface area (TPSA) is 150 Å². The standard InChI is InChI=1S/C15H22N4OS.C12H11NO.C3H5NO2/c1-8-12-15(8,2)5-11(19(12)3)14(20)18-6-10-4-9(7-21-10)13(16)17;1-10-5-7-11(8-6-10)14-12-4-2-3-9-13-12;5-2-1-4-3-6/h4,7-8,11-12H,5-6H2,1-3H3,(H3,16,17)(H,18,20);2-9H,1H3;2-3H,1H2,(H,4,6)/t8?,11?,12?,15-;;/m1../s1. The molecule has 11 heteroatoms. The van der Waals surface area contributed by atoms with E-state index in [1.807, 2.05) is 60.8 Å². The molecule has 4 atom stereocenters. The Morgan fingerprint density at radius 2 is 2.00 bits per heavy atom. The third-order valence-corrected chi connectivity index (χ3v) is 8.45. The number of pyridine rings is 1. The summed E-state index contributed by atoms with van der Waals surface area (Å²) in [7, 11) is 2.06. The SMILES string of the molecule is CC1C2N(C)C(C(=O)NCc3cc(C(=N)N)cs3)C[C@]12C.Cc1ccc(Oc2ccccn2)cc1.O=CCNC=O. The maximum Gasteiger partial charge on any atom is 0.237 e. The third-order valence-electron chi connectivity index (χ3n) is 7.51.